The van der Waals surface area contributed by atoms with Crippen LogP contribution in [0.1, 0.15) is 69.5 Å². The van der Waals surface area contributed by atoms with Gasteiger partial charge in [-0.3, -0.25) is 9.59 Å². The fourth-order valence-corrected chi connectivity index (χ4v) is 4.05. The lowest BCUT2D eigenvalue weighted by atomic mass is 9.92. The summed E-state index contributed by atoms with van der Waals surface area (Å²) in [6.07, 6.45) is 3.67. The average molecular weight is 341 g/mol. The Balaban J connectivity index is 1.70. The van der Waals surface area contributed by atoms with Crippen molar-refractivity contribution in [1.29, 1.82) is 0 Å². The van der Waals surface area contributed by atoms with Gasteiger partial charge >= 0.3 is 0 Å². The van der Waals surface area contributed by atoms with E-state index in [4.69, 9.17) is 4.42 Å². The maximum Gasteiger partial charge on any atom is 0.258 e. The molecule has 0 radical (unpaired) electrons. The summed E-state index contributed by atoms with van der Waals surface area (Å²) in [6.45, 7) is 2.39. The number of likely N-dealkylation sites (tertiary alicyclic amines) is 1. The Morgan fingerprint density at radius 1 is 1.20 bits per heavy atom. The van der Waals surface area contributed by atoms with Crippen molar-refractivity contribution in [2.75, 3.05) is 6.54 Å². The van der Waals surface area contributed by atoms with E-state index in [0.29, 0.717) is 42.0 Å². The van der Waals surface area contributed by atoms with Crippen LogP contribution in [0.3, 0.4) is 0 Å². The van der Waals surface area contributed by atoms with Gasteiger partial charge in [0.25, 0.3) is 5.91 Å². The number of furan rings is 1. The Bertz CT molecular complexity index is 837. The second kappa shape index (κ2) is 6.14. The van der Waals surface area contributed by atoms with Gasteiger partial charge < -0.3 is 9.32 Å². The van der Waals surface area contributed by atoms with Crippen molar-refractivity contribution in [3.63, 3.8) is 0 Å². The number of hydrogen-bond donors (Lipinski definition) is 0. The van der Waals surface area contributed by atoms with Crippen LogP contribution in [0.5, 0.6) is 0 Å². The summed E-state index contributed by atoms with van der Waals surface area (Å²) in [5.41, 5.74) is 1.83. The van der Waals surface area contributed by atoms with Crippen molar-refractivity contribution >= 4 is 11.7 Å². The molecule has 2 aliphatic rings. The van der Waals surface area contributed by atoms with Gasteiger partial charge in [-0.15, -0.1) is 0 Å². The number of benzene rings is 1. The normalized spacial score (nSPS) is 20.0. The van der Waals surface area contributed by atoms with E-state index in [1.807, 2.05) is 0 Å². The monoisotopic (exact) mass is 341 g/mol. The molecular formula is C20H20FNO3. The SMILES string of the molecule is Cc1oc2c(c1C(=O)N1CCCC1c1ccc(F)cc1)C(=O)CCC2. The van der Waals surface area contributed by atoms with Gasteiger partial charge in [0.15, 0.2) is 5.78 Å². The van der Waals surface area contributed by atoms with Crippen molar-refractivity contribution in [3.8, 4) is 0 Å². The summed E-state index contributed by atoms with van der Waals surface area (Å²) < 4.78 is 18.9. The van der Waals surface area contributed by atoms with Crippen LogP contribution in [0.4, 0.5) is 4.39 Å². The molecule has 1 fully saturated rings. The standard InChI is InChI=1S/C20H20FNO3/c1-12-18(19-16(23)5-2-6-17(19)25-12)20(24)22-11-3-4-15(22)13-7-9-14(21)10-8-13/h7-10,15H,2-6,11H2,1H3. The first-order valence-corrected chi connectivity index (χ1v) is 8.78. The maximum atomic E-state index is 13.2. The van der Waals surface area contributed by atoms with E-state index in [-0.39, 0.29) is 23.5 Å². The van der Waals surface area contributed by atoms with Gasteiger partial charge in [-0.05, 0) is 43.9 Å². The van der Waals surface area contributed by atoms with Gasteiger partial charge in [0.1, 0.15) is 17.3 Å². The molecule has 1 atom stereocenters. The van der Waals surface area contributed by atoms with E-state index in [1.165, 1.54) is 12.1 Å². The van der Waals surface area contributed by atoms with Gasteiger partial charge in [0, 0.05) is 19.4 Å². The number of amides is 1. The zero-order valence-electron chi connectivity index (χ0n) is 14.2. The molecule has 0 spiro atoms. The van der Waals surface area contributed by atoms with Crippen LogP contribution in [-0.2, 0) is 6.42 Å². The predicted molar refractivity (Wildman–Crippen MR) is 90.1 cm³/mol. The zero-order valence-corrected chi connectivity index (χ0v) is 14.2. The molecule has 130 valence electrons. The Labute approximate surface area is 145 Å². The highest BCUT2D eigenvalue weighted by molar-refractivity contribution is 6.10. The first-order chi connectivity index (χ1) is 12.1. The van der Waals surface area contributed by atoms with Gasteiger partial charge in [0.05, 0.1) is 17.2 Å². The number of carbonyl (C=O) groups excluding carboxylic acids is 2. The molecular weight excluding hydrogens is 321 g/mol. The van der Waals surface area contributed by atoms with Crippen molar-refractivity contribution in [1.82, 2.24) is 4.90 Å². The first-order valence-electron chi connectivity index (χ1n) is 8.78. The van der Waals surface area contributed by atoms with E-state index in [1.54, 1.807) is 24.0 Å². The van der Waals surface area contributed by atoms with Gasteiger partial charge in [-0.25, -0.2) is 4.39 Å². The summed E-state index contributed by atoms with van der Waals surface area (Å²) >= 11 is 0. The molecule has 0 N–H and O–H groups in total. The second-order valence-corrected chi connectivity index (χ2v) is 6.82. The topological polar surface area (TPSA) is 50.5 Å². The summed E-state index contributed by atoms with van der Waals surface area (Å²) in [5.74, 6) is 0.734. The molecule has 0 saturated carbocycles. The molecule has 4 nitrogen and oxygen atoms in total. The van der Waals surface area contributed by atoms with E-state index in [9.17, 15) is 14.0 Å². The molecule has 1 aromatic heterocycles. The van der Waals surface area contributed by atoms with E-state index >= 15 is 0 Å². The molecule has 1 aromatic carbocycles. The second-order valence-electron chi connectivity index (χ2n) is 6.82. The molecule has 1 amide bonds. The third-order valence-electron chi connectivity index (χ3n) is 5.23. The van der Waals surface area contributed by atoms with Crippen LogP contribution in [0.2, 0.25) is 0 Å². The average Bonchev–Trinajstić information content (AvgIpc) is 3.20. The lowest BCUT2D eigenvalue weighted by molar-refractivity contribution is 0.0729. The largest absolute Gasteiger partial charge is 0.465 e. The number of rotatable bonds is 2. The lowest BCUT2D eigenvalue weighted by Gasteiger charge is -2.25. The molecule has 25 heavy (non-hydrogen) atoms. The Kier molecular flexibility index (Phi) is 3.94. The Morgan fingerprint density at radius 3 is 2.72 bits per heavy atom. The molecule has 0 bridgehead atoms. The number of hydrogen-bond acceptors (Lipinski definition) is 3. The van der Waals surface area contributed by atoms with Crippen molar-refractivity contribution in [2.24, 2.45) is 0 Å². The fourth-order valence-electron chi connectivity index (χ4n) is 4.05. The minimum atomic E-state index is -0.287. The highest BCUT2D eigenvalue weighted by Gasteiger charge is 2.37. The number of halogens is 1. The van der Waals surface area contributed by atoms with Crippen LogP contribution in [-0.4, -0.2) is 23.1 Å². The highest BCUT2D eigenvalue weighted by atomic mass is 19.1. The number of ketones is 1. The highest BCUT2D eigenvalue weighted by Crippen LogP contribution is 2.36. The number of nitrogens with zero attached hydrogens (tertiary/aromatic N) is 1. The summed E-state index contributed by atoms with van der Waals surface area (Å²) in [7, 11) is 0. The Hall–Kier alpha value is -2.43. The molecule has 1 saturated heterocycles. The first kappa shape index (κ1) is 16.1. The summed E-state index contributed by atoms with van der Waals surface area (Å²) in [6, 6.07) is 6.22. The van der Waals surface area contributed by atoms with Crippen molar-refractivity contribution in [2.45, 2.75) is 45.1 Å². The number of fused-ring (bicyclic) bond motifs is 1. The van der Waals surface area contributed by atoms with Crippen LogP contribution >= 0.6 is 0 Å². The minimum Gasteiger partial charge on any atom is -0.465 e. The van der Waals surface area contributed by atoms with Crippen molar-refractivity contribution < 1.29 is 18.4 Å². The molecule has 2 heterocycles. The van der Waals surface area contributed by atoms with Crippen molar-refractivity contribution in [3.05, 3.63) is 58.3 Å². The van der Waals surface area contributed by atoms with E-state index in [2.05, 4.69) is 0 Å². The number of carbonyl (C=O) groups is 2. The molecule has 1 aliphatic carbocycles. The molecule has 4 rings (SSSR count). The Morgan fingerprint density at radius 2 is 1.96 bits per heavy atom. The zero-order chi connectivity index (χ0) is 17.6. The van der Waals surface area contributed by atoms with Gasteiger partial charge in [0.2, 0.25) is 0 Å². The number of Topliss-reactive ketones (excluding diaryl/α,β-unsaturated/α-hetero) is 1. The quantitative estimate of drug-likeness (QED) is 0.821. The third-order valence-corrected chi connectivity index (χ3v) is 5.23. The van der Waals surface area contributed by atoms with E-state index < -0.39 is 0 Å². The minimum absolute atomic E-state index is 0.000945. The predicted octanol–water partition coefficient (Wildman–Crippen LogP) is 4.22. The van der Waals surface area contributed by atoms with Crippen LogP contribution < -0.4 is 0 Å². The molecule has 1 aliphatic heterocycles. The maximum absolute atomic E-state index is 13.2. The smallest absolute Gasteiger partial charge is 0.258 e. The summed E-state index contributed by atoms with van der Waals surface area (Å²) in [4.78, 5) is 27.4. The molecule has 2 aromatic rings. The van der Waals surface area contributed by atoms with Crippen LogP contribution in [0.15, 0.2) is 28.7 Å². The van der Waals surface area contributed by atoms with Gasteiger partial charge in [-0.2, -0.15) is 0 Å². The third kappa shape index (κ3) is 2.68. The lowest BCUT2D eigenvalue weighted by Crippen LogP contribution is -2.32. The van der Waals surface area contributed by atoms with Gasteiger partial charge in [-0.1, -0.05) is 12.1 Å². The van der Waals surface area contributed by atoms with E-state index in [0.717, 1.165) is 24.8 Å². The van der Waals surface area contributed by atoms with Crippen LogP contribution in [0, 0.1) is 12.7 Å². The van der Waals surface area contributed by atoms with Crippen LogP contribution in [0.25, 0.3) is 0 Å². The summed E-state index contributed by atoms with van der Waals surface area (Å²) in [5, 5.41) is 0. The fraction of sp³-hybridized carbons (Fsp3) is 0.400. The molecule has 5 heteroatoms. The molecule has 1 unspecified atom stereocenters. The number of aryl methyl sites for hydroxylation is 2.